The highest BCUT2D eigenvalue weighted by atomic mass is 32.2. The summed E-state index contributed by atoms with van der Waals surface area (Å²) in [6.07, 6.45) is 3.73. The van der Waals surface area contributed by atoms with Gasteiger partial charge in [0.15, 0.2) is 5.82 Å². The van der Waals surface area contributed by atoms with Gasteiger partial charge in [-0.15, -0.1) is 22.0 Å². The van der Waals surface area contributed by atoms with Crippen LogP contribution in [0, 0.1) is 12.8 Å². The zero-order chi connectivity index (χ0) is 21.6. The zero-order valence-electron chi connectivity index (χ0n) is 18.0. The first-order chi connectivity index (χ1) is 15.1. The van der Waals surface area contributed by atoms with Crippen LogP contribution in [0.15, 0.2) is 65.6 Å². The Hall–Kier alpha value is -2.86. The van der Waals surface area contributed by atoms with E-state index in [9.17, 15) is 4.79 Å². The quantitative estimate of drug-likeness (QED) is 0.572. The molecule has 1 fully saturated rings. The molecule has 6 heteroatoms. The summed E-state index contributed by atoms with van der Waals surface area (Å²) in [6, 6.07) is 20.7. The van der Waals surface area contributed by atoms with E-state index >= 15 is 0 Å². The number of amides is 1. The fraction of sp³-hybridized carbons (Fsp3) is 0.320. The van der Waals surface area contributed by atoms with Gasteiger partial charge in [-0.1, -0.05) is 42.0 Å². The van der Waals surface area contributed by atoms with E-state index in [2.05, 4.69) is 82.1 Å². The van der Waals surface area contributed by atoms with Crippen LogP contribution in [0.2, 0.25) is 0 Å². The van der Waals surface area contributed by atoms with Gasteiger partial charge in [-0.25, -0.2) is 0 Å². The molecule has 0 atom stereocenters. The summed E-state index contributed by atoms with van der Waals surface area (Å²) in [7, 11) is 0. The van der Waals surface area contributed by atoms with Crippen LogP contribution >= 0.6 is 11.8 Å². The number of piperidine rings is 1. The van der Waals surface area contributed by atoms with Crippen molar-refractivity contribution in [2.45, 2.75) is 31.2 Å². The molecule has 3 aromatic rings. The molecular formula is C25H28N4OS. The molecule has 1 aliphatic rings. The molecule has 0 spiro atoms. The largest absolute Gasteiger partial charge is 0.355 e. The van der Waals surface area contributed by atoms with E-state index in [0.29, 0.717) is 6.54 Å². The summed E-state index contributed by atoms with van der Waals surface area (Å²) < 4.78 is 0. The van der Waals surface area contributed by atoms with Crippen molar-refractivity contribution in [1.82, 2.24) is 15.5 Å². The minimum Gasteiger partial charge on any atom is -0.355 e. The van der Waals surface area contributed by atoms with Crippen molar-refractivity contribution in [3.63, 3.8) is 0 Å². The predicted molar refractivity (Wildman–Crippen MR) is 127 cm³/mol. The molecule has 1 amide bonds. The molecule has 1 saturated heterocycles. The zero-order valence-corrected chi connectivity index (χ0v) is 18.9. The van der Waals surface area contributed by atoms with Crippen LogP contribution in [0.25, 0.3) is 11.3 Å². The van der Waals surface area contributed by atoms with Crippen molar-refractivity contribution in [3.05, 3.63) is 71.8 Å². The summed E-state index contributed by atoms with van der Waals surface area (Å²) in [5.41, 5.74) is 4.31. The number of hydrogen-bond acceptors (Lipinski definition) is 5. The topological polar surface area (TPSA) is 58.1 Å². The molecule has 4 rings (SSSR count). The molecule has 0 bridgehead atoms. The van der Waals surface area contributed by atoms with E-state index in [4.69, 9.17) is 0 Å². The van der Waals surface area contributed by atoms with Crippen LogP contribution in [-0.2, 0) is 11.3 Å². The average Bonchev–Trinajstić information content (AvgIpc) is 2.83. The number of rotatable bonds is 6. The molecule has 1 aliphatic heterocycles. The smallest absolute Gasteiger partial charge is 0.223 e. The molecule has 5 nitrogen and oxygen atoms in total. The number of nitrogens with one attached hydrogen (secondary N) is 1. The molecule has 160 valence electrons. The van der Waals surface area contributed by atoms with Crippen LogP contribution in [0.5, 0.6) is 0 Å². The SMILES string of the molecule is CSc1ccc(CNC(=O)C2CCN(c3ccc(-c4ccc(C)cc4)nn3)CC2)cc1. The fourth-order valence-electron chi connectivity index (χ4n) is 3.82. The number of thioether (sulfide) groups is 1. The number of anilines is 1. The van der Waals surface area contributed by atoms with Gasteiger partial charge >= 0.3 is 0 Å². The van der Waals surface area contributed by atoms with E-state index in [1.54, 1.807) is 11.8 Å². The van der Waals surface area contributed by atoms with Gasteiger partial charge in [-0.2, -0.15) is 0 Å². The second kappa shape index (κ2) is 9.96. The maximum Gasteiger partial charge on any atom is 0.223 e. The van der Waals surface area contributed by atoms with Crippen molar-refractivity contribution >= 4 is 23.5 Å². The molecule has 31 heavy (non-hydrogen) atoms. The van der Waals surface area contributed by atoms with Gasteiger partial charge in [0.25, 0.3) is 0 Å². The van der Waals surface area contributed by atoms with E-state index in [1.165, 1.54) is 10.5 Å². The average molecular weight is 433 g/mol. The second-order valence-electron chi connectivity index (χ2n) is 7.97. The van der Waals surface area contributed by atoms with Gasteiger partial charge in [0.1, 0.15) is 0 Å². The summed E-state index contributed by atoms with van der Waals surface area (Å²) in [5, 5.41) is 11.9. The molecule has 0 saturated carbocycles. The standard InChI is InChI=1S/C25H28N4OS/c1-18-3-7-20(8-4-18)23-11-12-24(28-27-23)29-15-13-21(14-16-29)25(30)26-17-19-5-9-22(31-2)10-6-19/h3-12,21H,13-17H2,1-2H3,(H,26,30). The van der Waals surface area contributed by atoms with Gasteiger partial charge < -0.3 is 10.2 Å². The first kappa shape index (κ1) is 21.4. The molecule has 0 aliphatic carbocycles. The minimum atomic E-state index is 0.0570. The molecular weight excluding hydrogens is 404 g/mol. The highest BCUT2D eigenvalue weighted by Crippen LogP contribution is 2.24. The van der Waals surface area contributed by atoms with Crippen LogP contribution < -0.4 is 10.2 Å². The normalized spacial score (nSPS) is 14.5. The maximum absolute atomic E-state index is 12.6. The van der Waals surface area contributed by atoms with Crippen LogP contribution in [0.1, 0.15) is 24.0 Å². The third-order valence-electron chi connectivity index (χ3n) is 5.81. The predicted octanol–water partition coefficient (Wildman–Crippen LogP) is 4.71. The number of aromatic nitrogens is 2. The summed E-state index contributed by atoms with van der Waals surface area (Å²) in [4.78, 5) is 16.1. The number of hydrogen-bond donors (Lipinski definition) is 1. The Morgan fingerprint density at radius 1 is 1.00 bits per heavy atom. The fourth-order valence-corrected chi connectivity index (χ4v) is 4.23. The van der Waals surface area contributed by atoms with Gasteiger partial charge in [-0.05, 0) is 55.9 Å². The number of aryl methyl sites for hydroxylation is 1. The highest BCUT2D eigenvalue weighted by molar-refractivity contribution is 7.98. The van der Waals surface area contributed by atoms with Gasteiger partial charge in [-0.3, -0.25) is 4.79 Å². The maximum atomic E-state index is 12.6. The monoisotopic (exact) mass is 432 g/mol. The van der Waals surface area contributed by atoms with Crippen LogP contribution in [-0.4, -0.2) is 35.4 Å². The Bertz CT molecular complexity index is 995. The Labute approximate surface area is 188 Å². The van der Waals surface area contributed by atoms with Crippen molar-refractivity contribution in [2.24, 2.45) is 5.92 Å². The van der Waals surface area contributed by atoms with Gasteiger partial charge in [0.2, 0.25) is 5.91 Å². The lowest BCUT2D eigenvalue weighted by Crippen LogP contribution is -2.40. The van der Waals surface area contributed by atoms with Gasteiger partial charge in [0.05, 0.1) is 5.69 Å². The molecule has 0 radical (unpaired) electrons. The highest BCUT2D eigenvalue weighted by Gasteiger charge is 2.25. The lowest BCUT2D eigenvalue weighted by molar-refractivity contribution is -0.125. The Kier molecular flexibility index (Phi) is 6.87. The van der Waals surface area contributed by atoms with Crippen molar-refractivity contribution < 1.29 is 4.79 Å². The minimum absolute atomic E-state index is 0.0570. The Morgan fingerprint density at radius 3 is 2.32 bits per heavy atom. The molecule has 2 heterocycles. The third-order valence-corrected chi connectivity index (χ3v) is 6.56. The van der Waals surface area contributed by atoms with E-state index in [-0.39, 0.29) is 11.8 Å². The summed E-state index contributed by atoms with van der Waals surface area (Å²) in [6.45, 7) is 4.29. The van der Waals surface area contributed by atoms with Crippen molar-refractivity contribution in [2.75, 3.05) is 24.2 Å². The Morgan fingerprint density at radius 2 is 1.71 bits per heavy atom. The number of carbonyl (C=O) groups is 1. The van der Waals surface area contributed by atoms with Crippen LogP contribution in [0.4, 0.5) is 5.82 Å². The molecule has 1 N–H and O–H groups in total. The van der Waals surface area contributed by atoms with Gasteiger partial charge in [0, 0.05) is 36.0 Å². The molecule has 0 unspecified atom stereocenters. The Balaban J connectivity index is 1.27. The first-order valence-electron chi connectivity index (χ1n) is 10.7. The van der Waals surface area contributed by atoms with E-state index in [1.807, 2.05) is 12.1 Å². The summed E-state index contributed by atoms with van der Waals surface area (Å²) >= 11 is 1.72. The van der Waals surface area contributed by atoms with Crippen molar-refractivity contribution in [3.8, 4) is 11.3 Å². The molecule has 2 aromatic carbocycles. The second-order valence-corrected chi connectivity index (χ2v) is 8.85. The lowest BCUT2D eigenvalue weighted by Gasteiger charge is -2.31. The van der Waals surface area contributed by atoms with E-state index in [0.717, 1.165) is 48.6 Å². The number of carbonyl (C=O) groups excluding carboxylic acids is 1. The number of nitrogens with zero attached hydrogens (tertiary/aromatic N) is 3. The third kappa shape index (κ3) is 5.44. The van der Waals surface area contributed by atoms with Crippen molar-refractivity contribution in [1.29, 1.82) is 0 Å². The summed E-state index contributed by atoms with van der Waals surface area (Å²) in [5.74, 6) is 1.08. The lowest BCUT2D eigenvalue weighted by atomic mass is 9.96. The molecule has 1 aromatic heterocycles. The van der Waals surface area contributed by atoms with E-state index < -0.39 is 0 Å². The van der Waals surface area contributed by atoms with Crippen LogP contribution in [0.3, 0.4) is 0 Å². The first-order valence-corrected chi connectivity index (χ1v) is 11.9. The number of benzene rings is 2.